The van der Waals surface area contributed by atoms with Gasteiger partial charge >= 0.3 is 0 Å². The molecule has 1 heteroatoms. The molecule has 1 nitrogen and oxygen atoms in total. The maximum Gasteiger partial charge on any atom is 0.0575 e. The summed E-state index contributed by atoms with van der Waals surface area (Å²) in [6, 6.07) is 0. The second kappa shape index (κ2) is 9.87. The van der Waals surface area contributed by atoms with Crippen LogP contribution in [0.3, 0.4) is 0 Å². The van der Waals surface area contributed by atoms with Crippen LogP contribution in [-0.2, 0) is 4.74 Å². The van der Waals surface area contributed by atoms with Gasteiger partial charge in [-0.3, -0.25) is 0 Å². The fourth-order valence-corrected chi connectivity index (χ4v) is 4.44. The molecule has 124 valence electrons. The second-order valence-corrected chi connectivity index (χ2v) is 7.84. The van der Waals surface area contributed by atoms with E-state index < -0.39 is 0 Å². The molecule has 0 aromatic heterocycles. The van der Waals surface area contributed by atoms with Gasteiger partial charge in [0.15, 0.2) is 0 Å². The Morgan fingerprint density at radius 3 is 1.90 bits per heavy atom. The predicted molar refractivity (Wildman–Crippen MR) is 91.6 cm³/mol. The molecule has 0 heterocycles. The van der Waals surface area contributed by atoms with Gasteiger partial charge in [-0.15, -0.1) is 0 Å². The van der Waals surface area contributed by atoms with Crippen molar-refractivity contribution < 1.29 is 4.74 Å². The molecule has 2 aliphatic carbocycles. The first-order chi connectivity index (χ1) is 10.3. The minimum atomic E-state index is 0.593. The second-order valence-electron chi connectivity index (χ2n) is 7.84. The van der Waals surface area contributed by atoms with Crippen molar-refractivity contribution in [2.24, 2.45) is 17.8 Å². The topological polar surface area (TPSA) is 9.23 Å². The zero-order valence-electron chi connectivity index (χ0n) is 14.6. The van der Waals surface area contributed by atoms with Crippen LogP contribution < -0.4 is 0 Å². The Labute approximate surface area is 133 Å². The molecule has 0 aliphatic heterocycles. The molecule has 2 saturated carbocycles. The third-order valence-corrected chi connectivity index (χ3v) is 6.05. The lowest BCUT2D eigenvalue weighted by molar-refractivity contribution is 0.00564. The summed E-state index contributed by atoms with van der Waals surface area (Å²) < 4.78 is 6.12. The van der Waals surface area contributed by atoms with E-state index in [0.717, 1.165) is 24.4 Å². The van der Waals surface area contributed by atoms with E-state index in [2.05, 4.69) is 13.8 Å². The van der Waals surface area contributed by atoms with E-state index >= 15 is 0 Å². The lowest BCUT2D eigenvalue weighted by atomic mass is 9.71. The van der Waals surface area contributed by atoms with E-state index in [1.165, 1.54) is 83.5 Å². The Morgan fingerprint density at radius 1 is 0.714 bits per heavy atom. The molecule has 0 aromatic carbocycles. The van der Waals surface area contributed by atoms with Crippen LogP contribution in [0.15, 0.2) is 0 Å². The summed E-state index contributed by atoms with van der Waals surface area (Å²) in [6.45, 7) is 5.73. The fraction of sp³-hybridized carbons (Fsp3) is 1.00. The molecule has 21 heavy (non-hydrogen) atoms. The number of hydrogen-bond acceptors (Lipinski definition) is 1. The lowest BCUT2D eigenvalue weighted by Crippen LogP contribution is -2.28. The molecular formula is C20H38O. The van der Waals surface area contributed by atoms with Gasteiger partial charge in [-0.25, -0.2) is 0 Å². The highest BCUT2D eigenvalue weighted by molar-refractivity contribution is 4.81. The molecule has 0 spiro atoms. The molecule has 0 saturated heterocycles. The summed E-state index contributed by atoms with van der Waals surface area (Å²) in [5, 5.41) is 0. The van der Waals surface area contributed by atoms with E-state index in [1.54, 1.807) is 0 Å². The van der Waals surface area contributed by atoms with Crippen LogP contribution in [0.2, 0.25) is 0 Å². The van der Waals surface area contributed by atoms with Crippen molar-refractivity contribution in [3.05, 3.63) is 0 Å². The molecule has 0 amide bonds. The number of rotatable bonds is 8. The minimum Gasteiger partial charge on any atom is -0.378 e. The highest BCUT2D eigenvalue weighted by Crippen LogP contribution is 2.40. The summed E-state index contributed by atoms with van der Waals surface area (Å²) >= 11 is 0. The van der Waals surface area contributed by atoms with Crippen molar-refractivity contribution >= 4 is 0 Å². The van der Waals surface area contributed by atoms with Crippen molar-refractivity contribution in [2.45, 2.75) is 103 Å². The molecule has 2 aliphatic rings. The number of unbranched alkanes of at least 4 members (excludes halogenated alkanes) is 4. The third kappa shape index (κ3) is 6.30. The first kappa shape index (κ1) is 17.3. The zero-order valence-corrected chi connectivity index (χ0v) is 14.6. The zero-order chi connectivity index (χ0) is 14.9. The summed E-state index contributed by atoms with van der Waals surface area (Å²) in [4.78, 5) is 0. The quantitative estimate of drug-likeness (QED) is 0.473. The average molecular weight is 295 g/mol. The molecule has 2 fully saturated rings. The van der Waals surface area contributed by atoms with Crippen LogP contribution in [-0.4, -0.2) is 12.7 Å². The normalized spacial score (nSPS) is 34.0. The molecular weight excluding hydrogens is 256 g/mol. The van der Waals surface area contributed by atoms with E-state index in [-0.39, 0.29) is 0 Å². The van der Waals surface area contributed by atoms with Gasteiger partial charge < -0.3 is 4.74 Å². The van der Waals surface area contributed by atoms with E-state index in [0.29, 0.717) is 6.10 Å². The Morgan fingerprint density at radius 2 is 1.29 bits per heavy atom. The van der Waals surface area contributed by atoms with Gasteiger partial charge in [0.2, 0.25) is 0 Å². The molecule has 0 unspecified atom stereocenters. The fourth-order valence-electron chi connectivity index (χ4n) is 4.44. The van der Waals surface area contributed by atoms with E-state index in [9.17, 15) is 0 Å². The van der Waals surface area contributed by atoms with Gasteiger partial charge in [-0.1, -0.05) is 52.4 Å². The number of hydrogen-bond donors (Lipinski definition) is 0. The van der Waals surface area contributed by atoms with Gasteiger partial charge in [0.05, 0.1) is 6.10 Å². The average Bonchev–Trinajstić information content (AvgIpc) is 2.52. The summed E-state index contributed by atoms with van der Waals surface area (Å²) in [6.07, 6.45) is 18.9. The molecule has 2 rings (SSSR count). The van der Waals surface area contributed by atoms with Gasteiger partial charge in [0.1, 0.15) is 0 Å². The first-order valence-corrected chi connectivity index (χ1v) is 9.91. The van der Waals surface area contributed by atoms with Gasteiger partial charge in [-0.2, -0.15) is 0 Å². The van der Waals surface area contributed by atoms with Crippen molar-refractivity contribution in [1.82, 2.24) is 0 Å². The van der Waals surface area contributed by atoms with Crippen LogP contribution in [0.25, 0.3) is 0 Å². The summed E-state index contributed by atoms with van der Waals surface area (Å²) in [5.41, 5.74) is 0. The van der Waals surface area contributed by atoms with Crippen molar-refractivity contribution in [3.8, 4) is 0 Å². The van der Waals surface area contributed by atoms with Crippen LogP contribution in [0.1, 0.15) is 97.3 Å². The Kier molecular flexibility index (Phi) is 8.14. The van der Waals surface area contributed by atoms with Gasteiger partial charge in [0.25, 0.3) is 0 Å². The SMILES string of the molecule is CCCCCCCOC1CCC(C2CCC(C)CC2)CC1. The Hall–Kier alpha value is -0.0400. The smallest absolute Gasteiger partial charge is 0.0575 e. The van der Waals surface area contributed by atoms with E-state index in [4.69, 9.17) is 4.74 Å². The van der Waals surface area contributed by atoms with Crippen molar-refractivity contribution in [1.29, 1.82) is 0 Å². The number of ether oxygens (including phenoxy) is 1. The maximum absolute atomic E-state index is 6.12. The molecule has 0 radical (unpaired) electrons. The van der Waals surface area contributed by atoms with Crippen LogP contribution in [0, 0.1) is 17.8 Å². The first-order valence-electron chi connectivity index (χ1n) is 9.91. The molecule has 0 bridgehead atoms. The summed E-state index contributed by atoms with van der Waals surface area (Å²) in [5.74, 6) is 3.08. The lowest BCUT2D eigenvalue weighted by Gasteiger charge is -2.37. The Bertz CT molecular complexity index is 247. The third-order valence-electron chi connectivity index (χ3n) is 6.05. The minimum absolute atomic E-state index is 0.593. The van der Waals surface area contributed by atoms with Crippen LogP contribution >= 0.6 is 0 Å². The maximum atomic E-state index is 6.12. The predicted octanol–water partition coefficient (Wildman–Crippen LogP) is 6.36. The van der Waals surface area contributed by atoms with Crippen LogP contribution in [0.5, 0.6) is 0 Å². The van der Waals surface area contributed by atoms with Crippen molar-refractivity contribution in [2.75, 3.05) is 6.61 Å². The molecule has 0 aromatic rings. The monoisotopic (exact) mass is 294 g/mol. The molecule has 0 atom stereocenters. The van der Waals surface area contributed by atoms with Gasteiger partial charge in [-0.05, 0) is 62.7 Å². The highest BCUT2D eigenvalue weighted by atomic mass is 16.5. The largest absolute Gasteiger partial charge is 0.378 e. The van der Waals surface area contributed by atoms with Crippen LogP contribution in [0.4, 0.5) is 0 Å². The summed E-state index contributed by atoms with van der Waals surface area (Å²) in [7, 11) is 0. The Balaban J connectivity index is 1.52. The standard InChI is InChI=1S/C20H38O/c1-3-4-5-6-7-16-21-20-14-12-19(13-15-20)18-10-8-17(2)9-11-18/h17-20H,3-16H2,1-2H3. The highest BCUT2D eigenvalue weighted by Gasteiger charge is 2.30. The van der Waals surface area contributed by atoms with E-state index in [1.807, 2.05) is 0 Å². The van der Waals surface area contributed by atoms with Gasteiger partial charge in [0, 0.05) is 6.61 Å². The van der Waals surface area contributed by atoms with Crippen molar-refractivity contribution in [3.63, 3.8) is 0 Å². The molecule has 0 N–H and O–H groups in total.